The number of aliphatic imine (C=N–C) groups is 1. The minimum atomic E-state index is 0.311. The van der Waals surface area contributed by atoms with Gasteiger partial charge < -0.3 is 9.57 Å². The van der Waals surface area contributed by atoms with Gasteiger partial charge >= 0.3 is 0 Å². The summed E-state index contributed by atoms with van der Waals surface area (Å²) in [6.07, 6.45) is 0. The first-order chi connectivity index (χ1) is 5.88. The van der Waals surface area contributed by atoms with Gasteiger partial charge in [0.25, 0.3) is 5.90 Å². The Kier molecular flexibility index (Phi) is 3.34. The highest BCUT2D eigenvalue weighted by atomic mass is 16.7. The number of amidine groups is 1. The van der Waals surface area contributed by atoms with Crippen molar-refractivity contribution < 1.29 is 14.4 Å². The van der Waals surface area contributed by atoms with Crippen LogP contribution in [0.2, 0.25) is 0 Å². The molecule has 0 amide bonds. The SMILES string of the molecule is CN=C(NOC)C1=NOCCO1. The van der Waals surface area contributed by atoms with Crippen LogP contribution >= 0.6 is 0 Å². The van der Waals surface area contributed by atoms with Crippen molar-refractivity contribution in [1.29, 1.82) is 0 Å². The molecule has 0 saturated carbocycles. The van der Waals surface area contributed by atoms with Crippen molar-refractivity contribution in [3.8, 4) is 0 Å². The van der Waals surface area contributed by atoms with Gasteiger partial charge in [-0.25, -0.2) is 5.48 Å². The molecule has 6 nitrogen and oxygen atoms in total. The molecule has 0 aromatic carbocycles. The van der Waals surface area contributed by atoms with E-state index in [1.165, 1.54) is 7.11 Å². The number of hydrogen-bond acceptors (Lipinski definition) is 5. The molecule has 1 N–H and O–H groups in total. The van der Waals surface area contributed by atoms with Gasteiger partial charge in [-0.15, -0.1) is 0 Å². The van der Waals surface area contributed by atoms with Gasteiger partial charge in [-0.1, -0.05) is 0 Å². The molecule has 12 heavy (non-hydrogen) atoms. The van der Waals surface area contributed by atoms with Crippen LogP contribution in [0.4, 0.5) is 0 Å². The molecule has 1 heterocycles. The Bertz CT molecular complexity index is 202. The van der Waals surface area contributed by atoms with Crippen molar-refractivity contribution in [3.05, 3.63) is 0 Å². The number of rotatable bonds is 2. The van der Waals surface area contributed by atoms with Crippen molar-refractivity contribution in [3.63, 3.8) is 0 Å². The Labute approximate surface area is 70.1 Å². The highest BCUT2D eigenvalue weighted by molar-refractivity contribution is 6.37. The topological polar surface area (TPSA) is 64.4 Å². The maximum Gasteiger partial charge on any atom is 0.295 e. The summed E-state index contributed by atoms with van der Waals surface area (Å²) in [5.74, 6) is 0.725. The number of hydrogen-bond donors (Lipinski definition) is 1. The first-order valence-electron chi connectivity index (χ1n) is 3.47. The number of ether oxygens (including phenoxy) is 1. The van der Waals surface area contributed by atoms with Crippen LogP contribution < -0.4 is 5.48 Å². The predicted molar refractivity (Wildman–Crippen MR) is 42.8 cm³/mol. The molecule has 0 bridgehead atoms. The zero-order chi connectivity index (χ0) is 8.81. The van der Waals surface area contributed by atoms with Gasteiger partial charge in [0.2, 0.25) is 5.84 Å². The average molecular weight is 173 g/mol. The standard InChI is InChI=1S/C6H11N3O3/c1-7-5(8-10-2)6-9-12-4-3-11-6/h3-4H2,1-2H3,(H,7,8). The van der Waals surface area contributed by atoms with Crippen molar-refractivity contribution in [2.75, 3.05) is 27.4 Å². The monoisotopic (exact) mass is 173 g/mol. The minimum absolute atomic E-state index is 0.311. The third kappa shape index (κ3) is 2.09. The Morgan fingerprint density at radius 1 is 1.67 bits per heavy atom. The number of hydroxylamine groups is 1. The molecule has 1 aliphatic heterocycles. The maximum atomic E-state index is 5.14. The summed E-state index contributed by atoms with van der Waals surface area (Å²) in [7, 11) is 3.08. The second kappa shape index (κ2) is 4.55. The summed E-state index contributed by atoms with van der Waals surface area (Å²) in [6, 6.07) is 0. The lowest BCUT2D eigenvalue weighted by Crippen LogP contribution is -2.34. The van der Waals surface area contributed by atoms with E-state index < -0.39 is 0 Å². The summed E-state index contributed by atoms with van der Waals surface area (Å²) in [4.78, 5) is 13.3. The quantitative estimate of drug-likeness (QED) is 0.348. The lowest BCUT2D eigenvalue weighted by atomic mass is 10.6. The third-order valence-electron chi connectivity index (χ3n) is 1.19. The van der Waals surface area contributed by atoms with Gasteiger partial charge in [-0.05, 0) is 5.16 Å². The minimum Gasteiger partial charge on any atom is -0.469 e. The van der Waals surface area contributed by atoms with Gasteiger partial charge in [0.1, 0.15) is 6.61 Å². The van der Waals surface area contributed by atoms with Gasteiger partial charge in [0, 0.05) is 7.05 Å². The number of nitrogens with zero attached hydrogens (tertiary/aromatic N) is 2. The van der Waals surface area contributed by atoms with Crippen LogP contribution in [-0.2, 0) is 14.4 Å². The van der Waals surface area contributed by atoms with Gasteiger partial charge in [0.05, 0.1) is 7.11 Å². The fourth-order valence-corrected chi connectivity index (χ4v) is 0.699. The first kappa shape index (κ1) is 8.79. The molecule has 0 spiro atoms. The molecular formula is C6H11N3O3. The van der Waals surface area contributed by atoms with E-state index >= 15 is 0 Å². The smallest absolute Gasteiger partial charge is 0.295 e. The van der Waals surface area contributed by atoms with E-state index in [1.54, 1.807) is 7.05 Å². The van der Waals surface area contributed by atoms with Crippen LogP contribution in [-0.4, -0.2) is 39.1 Å². The highest BCUT2D eigenvalue weighted by Gasteiger charge is 2.13. The van der Waals surface area contributed by atoms with Crippen molar-refractivity contribution in [2.24, 2.45) is 10.1 Å². The molecule has 0 aliphatic carbocycles. The molecule has 1 rings (SSSR count). The Balaban J connectivity index is 2.58. The molecule has 1 aliphatic rings. The van der Waals surface area contributed by atoms with Crippen molar-refractivity contribution >= 4 is 11.7 Å². The molecular weight excluding hydrogens is 162 g/mol. The first-order valence-corrected chi connectivity index (χ1v) is 3.47. The fourth-order valence-electron chi connectivity index (χ4n) is 0.699. The highest BCUT2D eigenvalue weighted by Crippen LogP contribution is 1.94. The number of nitrogens with one attached hydrogen (secondary N) is 1. The van der Waals surface area contributed by atoms with E-state index in [2.05, 4.69) is 20.5 Å². The molecule has 0 aromatic heterocycles. The lowest BCUT2D eigenvalue weighted by Gasteiger charge is -2.14. The zero-order valence-corrected chi connectivity index (χ0v) is 7.03. The van der Waals surface area contributed by atoms with E-state index in [9.17, 15) is 0 Å². The summed E-state index contributed by atoms with van der Waals surface area (Å²) in [6.45, 7) is 0.941. The second-order valence-corrected chi connectivity index (χ2v) is 1.96. The normalized spacial score (nSPS) is 17.5. The Hall–Kier alpha value is -1.30. The second-order valence-electron chi connectivity index (χ2n) is 1.96. The van der Waals surface area contributed by atoms with Crippen LogP contribution in [0.1, 0.15) is 0 Å². The van der Waals surface area contributed by atoms with Gasteiger partial charge in [-0.3, -0.25) is 9.83 Å². The van der Waals surface area contributed by atoms with E-state index in [0.29, 0.717) is 24.9 Å². The van der Waals surface area contributed by atoms with Gasteiger partial charge in [-0.2, -0.15) is 0 Å². The molecule has 0 atom stereocenters. The summed E-state index contributed by atoms with van der Waals surface area (Å²) in [5, 5.41) is 3.64. The summed E-state index contributed by atoms with van der Waals surface area (Å²) < 4.78 is 5.14. The molecule has 0 saturated heterocycles. The predicted octanol–water partition coefficient (Wildman–Crippen LogP) is -0.474. The van der Waals surface area contributed by atoms with E-state index in [1.807, 2.05) is 0 Å². The molecule has 0 fully saturated rings. The summed E-state index contributed by atoms with van der Waals surface area (Å²) >= 11 is 0. The fraction of sp³-hybridized carbons (Fsp3) is 0.667. The molecule has 6 heteroatoms. The van der Waals surface area contributed by atoms with Crippen molar-refractivity contribution in [1.82, 2.24) is 5.48 Å². The number of oxime groups is 1. The van der Waals surface area contributed by atoms with Crippen LogP contribution in [0.25, 0.3) is 0 Å². The molecule has 68 valence electrons. The zero-order valence-electron chi connectivity index (χ0n) is 7.03. The van der Waals surface area contributed by atoms with E-state index in [-0.39, 0.29) is 0 Å². The summed E-state index contributed by atoms with van der Waals surface area (Å²) in [5.41, 5.74) is 2.52. The van der Waals surface area contributed by atoms with Crippen LogP contribution in [0, 0.1) is 0 Å². The third-order valence-corrected chi connectivity index (χ3v) is 1.19. The van der Waals surface area contributed by atoms with Crippen molar-refractivity contribution in [2.45, 2.75) is 0 Å². The van der Waals surface area contributed by atoms with Gasteiger partial charge in [0.15, 0.2) is 6.61 Å². The molecule has 0 aromatic rings. The largest absolute Gasteiger partial charge is 0.469 e. The van der Waals surface area contributed by atoms with E-state index in [4.69, 9.17) is 9.57 Å². The molecule has 0 unspecified atom stereocenters. The van der Waals surface area contributed by atoms with Crippen LogP contribution in [0.3, 0.4) is 0 Å². The maximum absolute atomic E-state index is 5.14. The van der Waals surface area contributed by atoms with Crippen LogP contribution in [0.15, 0.2) is 10.1 Å². The molecule has 0 radical (unpaired) electrons. The average Bonchev–Trinajstić information content (AvgIpc) is 2.15. The Morgan fingerprint density at radius 2 is 2.50 bits per heavy atom. The van der Waals surface area contributed by atoms with E-state index in [0.717, 1.165) is 0 Å². The lowest BCUT2D eigenvalue weighted by molar-refractivity contribution is 0.0653. The van der Waals surface area contributed by atoms with Crippen LogP contribution in [0.5, 0.6) is 0 Å². The Morgan fingerprint density at radius 3 is 3.00 bits per heavy atom.